The number of rotatable bonds is 3. The maximum atomic E-state index is 12.3. The molecular weight excluding hydrogens is 280 g/mol. The second kappa shape index (κ2) is 5.40. The molecule has 6 nitrogen and oxygen atoms in total. The molecule has 5 N–H and O–H groups in total. The fourth-order valence-electron chi connectivity index (χ4n) is 2.58. The first-order valence-electron chi connectivity index (χ1n) is 6.89. The molecule has 0 atom stereocenters. The highest BCUT2D eigenvalue weighted by Crippen LogP contribution is 2.37. The molecule has 0 fully saturated rings. The Labute approximate surface area is 127 Å². The highest BCUT2D eigenvalue weighted by atomic mass is 16.2. The fourth-order valence-corrected chi connectivity index (χ4v) is 2.58. The van der Waals surface area contributed by atoms with Gasteiger partial charge >= 0.3 is 6.03 Å². The lowest BCUT2D eigenvalue weighted by molar-refractivity contribution is -0.110. The molecule has 3 amide bonds. The molecule has 0 aliphatic carbocycles. The molecule has 6 heteroatoms. The van der Waals surface area contributed by atoms with Crippen LogP contribution < -0.4 is 16.4 Å². The zero-order valence-corrected chi connectivity index (χ0v) is 12.1. The third kappa shape index (κ3) is 2.46. The fraction of sp³-hybridized carbons (Fsp3) is 0.125. The zero-order valence-electron chi connectivity index (χ0n) is 12.1. The van der Waals surface area contributed by atoms with Crippen molar-refractivity contribution < 1.29 is 9.59 Å². The number of fused-ring (bicyclic) bond motifs is 1. The maximum Gasteiger partial charge on any atom is 0.312 e. The van der Waals surface area contributed by atoms with Gasteiger partial charge in [-0.1, -0.05) is 6.07 Å². The van der Waals surface area contributed by atoms with Gasteiger partial charge in [0.15, 0.2) is 0 Å². The van der Waals surface area contributed by atoms with Crippen molar-refractivity contribution in [1.29, 1.82) is 0 Å². The number of hydrogen-bond donors (Lipinski definition) is 4. The molecule has 0 spiro atoms. The normalized spacial score (nSPS) is 15.2. The number of carbonyl (C=O) groups excluding carboxylic acids is 2. The summed E-state index contributed by atoms with van der Waals surface area (Å²) in [7, 11) is 0. The number of urea groups is 1. The van der Waals surface area contributed by atoms with Crippen molar-refractivity contribution in [2.45, 2.75) is 13.5 Å². The maximum absolute atomic E-state index is 12.3. The summed E-state index contributed by atoms with van der Waals surface area (Å²) < 4.78 is 0. The van der Waals surface area contributed by atoms with Crippen LogP contribution in [-0.4, -0.2) is 16.9 Å². The Morgan fingerprint density at radius 2 is 2.14 bits per heavy atom. The monoisotopic (exact) mass is 296 g/mol. The minimum Gasteiger partial charge on any atom is -0.361 e. The number of amides is 3. The van der Waals surface area contributed by atoms with E-state index >= 15 is 0 Å². The van der Waals surface area contributed by atoms with E-state index in [0.29, 0.717) is 12.1 Å². The molecule has 2 heterocycles. The Bertz CT molecular complexity index is 775. The third-order valence-electron chi connectivity index (χ3n) is 3.67. The lowest BCUT2D eigenvalue weighted by Crippen LogP contribution is -2.28. The number of H-pyrrole nitrogens is 1. The zero-order chi connectivity index (χ0) is 15.7. The first-order chi connectivity index (χ1) is 10.6. The average Bonchev–Trinajstić information content (AvgIpc) is 3.11. The van der Waals surface area contributed by atoms with Crippen LogP contribution in [0.2, 0.25) is 0 Å². The van der Waals surface area contributed by atoms with Gasteiger partial charge in [0.2, 0.25) is 0 Å². The van der Waals surface area contributed by atoms with Crippen molar-refractivity contribution in [3.05, 3.63) is 53.3 Å². The predicted molar refractivity (Wildman–Crippen MR) is 84.8 cm³/mol. The molecular formula is C16H16N4O2. The lowest BCUT2D eigenvalue weighted by Gasteiger charge is -2.07. The number of nitrogens with two attached hydrogens (primary N) is 1. The van der Waals surface area contributed by atoms with E-state index in [-0.39, 0.29) is 5.91 Å². The minimum atomic E-state index is -0.576. The standard InChI is InChI=1S/C16H16N4O2/c1-9(12-3-2-6-18-12)14-11-7-10(8-19-16(17)22)4-5-13(11)20-15(14)21/h2-7,18H,8H2,1H3,(H,20,21)(H3,17,19,22). The van der Waals surface area contributed by atoms with Crippen LogP contribution in [0.25, 0.3) is 11.1 Å². The molecule has 0 saturated heterocycles. The number of aromatic amines is 1. The summed E-state index contributed by atoms with van der Waals surface area (Å²) in [5.74, 6) is -0.123. The molecule has 112 valence electrons. The smallest absolute Gasteiger partial charge is 0.312 e. The molecule has 0 bridgehead atoms. The van der Waals surface area contributed by atoms with Crippen molar-refractivity contribution in [3.63, 3.8) is 0 Å². The van der Waals surface area contributed by atoms with E-state index in [9.17, 15) is 9.59 Å². The molecule has 1 aliphatic heterocycles. The Morgan fingerprint density at radius 1 is 1.32 bits per heavy atom. The van der Waals surface area contributed by atoms with Crippen molar-refractivity contribution >= 4 is 28.8 Å². The summed E-state index contributed by atoms with van der Waals surface area (Å²) in [6.07, 6.45) is 1.82. The summed E-state index contributed by atoms with van der Waals surface area (Å²) in [6, 6.07) is 8.81. The lowest BCUT2D eigenvalue weighted by atomic mass is 9.98. The van der Waals surface area contributed by atoms with Crippen molar-refractivity contribution in [3.8, 4) is 0 Å². The van der Waals surface area contributed by atoms with E-state index in [1.165, 1.54) is 0 Å². The van der Waals surface area contributed by atoms with Crippen molar-refractivity contribution in [2.24, 2.45) is 5.73 Å². The van der Waals surface area contributed by atoms with E-state index in [2.05, 4.69) is 15.6 Å². The average molecular weight is 296 g/mol. The topological polar surface area (TPSA) is 100 Å². The number of allylic oxidation sites excluding steroid dienone is 1. The van der Waals surface area contributed by atoms with Crippen molar-refractivity contribution in [2.75, 3.05) is 5.32 Å². The summed E-state index contributed by atoms with van der Waals surface area (Å²) in [5, 5.41) is 5.41. The Morgan fingerprint density at radius 3 is 2.82 bits per heavy atom. The van der Waals surface area contributed by atoms with Crippen LogP contribution in [0, 0.1) is 0 Å². The second-order valence-electron chi connectivity index (χ2n) is 5.14. The number of primary amides is 1. The Hall–Kier alpha value is -3.02. The van der Waals surface area contributed by atoms with Crippen LogP contribution in [0.5, 0.6) is 0 Å². The number of hydrogen-bond acceptors (Lipinski definition) is 2. The van der Waals surface area contributed by atoms with Gasteiger partial charge in [0.25, 0.3) is 5.91 Å². The molecule has 3 rings (SSSR count). The van der Waals surface area contributed by atoms with E-state index in [1.54, 1.807) is 0 Å². The van der Waals surface area contributed by atoms with Gasteiger partial charge in [0.05, 0.1) is 5.57 Å². The van der Waals surface area contributed by atoms with Gasteiger partial charge in [-0.2, -0.15) is 0 Å². The molecule has 1 aliphatic rings. The van der Waals surface area contributed by atoms with Gasteiger partial charge in [-0.15, -0.1) is 0 Å². The quantitative estimate of drug-likeness (QED) is 0.652. The predicted octanol–water partition coefficient (Wildman–Crippen LogP) is 2.07. The van der Waals surface area contributed by atoms with Crippen LogP contribution in [0.15, 0.2) is 36.5 Å². The highest BCUT2D eigenvalue weighted by molar-refractivity contribution is 6.36. The molecule has 0 radical (unpaired) electrons. The van der Waals surface area contributed by atoms with Crippen LogP contribution in [0.3, 0.4) is 0 Å². The minimum absolute atomic E-state index is 0.123. The number of anilines is 1. The van der Waals surface area contributed by atoms with Crippen LogP contribution in [0.1, 0.15) is 23.7 Å². The summed E-state index contributed by atoms with van der Waals surface area (Å²) in [4.78, 5) is 26.2. The summed E-state index contributed by atoms with van der Waals surface area (Å²) >= 11 is 0. The van der Waals surface area contributed by atoms with Gasteiger partial charge < -0.3 is 21.4 Å². The van der Waals surface area contributed by atoms with E-state index in [0.717, 1.165) is 28.1 Å². The number of aromatic nitrogens is 1. The van der Waals surface area contributed by atoms with Gasteiger partial charge in [0.1, 0.15) is 0 Å². The van der Waals surface area contributed by atoms with E-state index in [1.807, 2.05) is 43.5 Å². The summed E-state index contributed by atoms with van der Waals surface area (Å²) in [5.41, 5.74) is 9.99. The summed E-state index contributed by atoms with van der Waals surface area (Å²) in [6.45, 7) is 2.23. The molecule has 0 unspecified atom stereocenters. The Balaban J connectivity index is 2.02. The molecule has 1 aromatic heterocycles. The van der Waals surface area contributed by atoms with Gasteiger partial charge in [0, 0.05) is 29.7 Å². The Kier molecular flexibility index (Phi) is 3.42. The number of carbonyl (C=O) groups is 2. The first-order valence-corrected chi connectivity index (χ1v) is 6.89. The number of benzene rings is 1. The van der Waals surface area contributed by atoms with Crippen LogP contribution >= 0.6 is 0 Å². The molecule has 0 saturated carbocycles. The largest absolute Gasteiger partial charge is 0.361 e. The third-order valence-corrected chi connectivity index (χ3v) is 3.67. The van der Waals surface area contributed by atoms with Gasteiger partial charge in [-0.3, -0.25) is 4.79 Å². The second-order valence-corrected chi connectivity index (χ2v) is 5.14. The van der Waals surface area contributed by atoms with Gasteiger partial charge in [-0.05, 0) is 42.3 Å². The van der Waals surface area contributed by atoms with Crippen LogP contribution in [0.4, 0.5) is 10.5 Å². The van der Waals surface area contributed by atoms with E-state index in [4.69, 9.17) is 5.73 Å². The molecule has 2 aromatic rings. The van der Waals surface area contributed by atoms with Crippen molar-refractivity contribution in [1.82, 2.24) is 10.3 Å². The van der Waals surface area contributed by atoms with Gasteiger partial charge in [-0.25, -0.2) is 4.79 Å². The molecule has 22 heavy (non-hydrogen) atoms. The SMILES string of the molecule is CC(=C1C(=O)Nc2ccc(CNC(N)=O)cc21)c1ccc[nH]1. The molecule has 1 aromatic carbocycles. The van der Waals surface area contributed by atoms with Crippen LogP contribution in [-0.2, 0) is 11.3 Å². The first kappa shape index (κ1) is 13.9. The highest BCUT2D eigenvalue weighted by Gasteiger charge is 2.27. The van der Waals surface area contributed by atoms with E-state index < -0.39 is 6.03 Å². The number of nitrogens with one attached hydrogen (secondary N) is 3.